The molecule has 0 aliphatic carbocycles. The number of aromatic carboxylic acids is 1. The Hall–Kier alpha value is -1.85. The largest absolute Gasteiger partial charge is 0.477 e. The average Bonchev–Trinajstić information content (AvgIpc) is 2.88. The number of carboxylic acids is 1. The van der Waals surface area contributed by atoms with E-state index in [1.807, 2.05) is 49.4 Å². The molecule has 1 heterocycles. The topological polar surface area (TPSA) is 49.3 Å². The molecule has 112 valence electrons. The van der Waals surface area contributed by atoms with Crippen LogP contribution < -0.4 is 5.32 Å². The SMILES string of the molecule is Cc1c(Br)cccc1NCc1c(C(=O)O)sc2ccccc12. The number of fused-ring (bicyclic) bond motifs is 1. The van der Waals surface area contributed by atoms with Gasteiger partial charge in [-0.1, -0.05) is 40.2 Å². The molecule has 2 aromatic carbocycles. The summed E-state index contributed by atoms with van der Waals surface area (Å²) in [5.74, 6) is -0.871. The summed E-state index contributed by atoms with van der Waals surface area (Å²) in [5.41, 5.74) is 2.95. The van der Waals surface area contributed by atoms with Crippen LogP contribution in [-0.2, 0) is 6.54 Å². The molecule has 0 bridgehead atoms. The van der Waals surface area contributed by atoms with Gasteiger partial charge in [0.05, 0.1) is 0 Å². The zero-order valence-corrected chi connectivity index (χ0v) is 14.3. The Balaban J connectivity index is 1.98. The highest BCUT2D eigenvalue weighted by molar-refractivity contribution is 9.10. The van der Waals surface area contributed by atoms with E-state index in [4.69, 9.17) is 0 Å². The number of benzene rings is 2. The van der Waals surface area contributed by atoms with E-state index in [0.717, 1.165) is 31.4 Å². The number of nitrogens with one attached hydrogen (secondary N) is 1. The zero-order valence-electron chi connectivity index (χ0n) is 11.9. The number of anilines is 1. The zero-order chi connectivity index (χ0) is 15.7. The van der Waals surface area contributed by atoms with E-state index in [9.17, 15) is 9.90 Å². The lowest BCUT2D eigenvalue weighted by atomic mass is 10.1. The minimum Gasteiger partial charge on any atom is -0.477 e. The molecule has 0 aliphatic heterocycles. The molecule has 0 saturated heterocycles. The van der Waals surface area contributed by atoms with Gasteiger partial charge in [-0.2, -0.15) is 0 Å². The number of hydrogen-bond acceptors (Lipinski definition) is 3. The quantitative estimate of drug-likeness (QED) is 0.651. The molecular weight excluding hydrogens is 362 g/mol. The third-order valence-electron chi connectivity index (χ3n) is 3.62. The monoisotopic (exact) mass is 375 g/mol. The predicted molar refractivity (Wildman–Crippen MR) is 95.0 cm³/mol. The van der Waals surface area contributed by atoms with Gasteiger partial charge in [-0.15, -0.1) is 11.3 Å². The van der Waals surface area contributed by atoms with E-state index >= 15 is 0 Å². The average molecular weight is 376 g/mol. The van der Waals surface area contributed by atoms with Crippen LogP contribution in [-0.4, -0.2) is 11.1 Å². The van der Waals surface area contributed by atoms with E-state index in [1.54, 1.807) is 0 Å². The van der Waals surface area contributed by atoms with E-state index in [0.29, 0.717) is 11.4 Å². The van der Waals surface area contributed by atoms with Gasteiger partial charge in [0.25, 0.3) is 0 Å². The molecule has 3 nitrogen and oxygen atoms in total. The molecule has 0 aliphatic rings. The van der Waals surface area contributed by atoms with Crippen molar-refractivity contribution in [2.45, 2.75) is 13.5 Å². The van der Waals surface area contributed by atoms with E-state index in [1.165, 1.54) is 11.3 Å². The molecule has 0 amide bonds. The Kier molecular flexibility index (Phi) is 4.18. The van der Waals surface area contributed by atoms with Gasteiger partial charge in [0.1, 0.15) is 4.88 Å². The van der Waals surface area contributed by atoms with Crippen LogP contribution in [0.15, 0.2) is 46.9 Å². The summed E-state index contributed by atoms with van der Waals surface area (Å²) in [7, 11) is 0. The van der Waals surface area contributed by atoms with Crippen molar-refractivity contribution in [1.29, 1.82) is 0 Å². The normalized spacial score (nSPS) is 10.8. The van der Waals surface area contributed by atoms with Gasteiger partial charge in [-0.05, 0) is 36.1 Å². The summed E-state index contributed by atoms with van der Waals surface area (Å²) in [6.45, 7) is 2.51. The highest BCUT2D eigenvalue weighted by atomic mass is 79.9. The molecule has 2 N–H and O–H groups in total. The van der Waals surface area contributed by atoms with Gasteiger partial charge >= 0.3 is 5.97 Å². The Morgan fingerprint density at radius 1 is 1.23 bits per heavy atom. The molecule has 3 aromatic rings. The van der Waals surface area contributed by atoms with Gasteiger partial charge in [-0.25, -0.2) is 4.79 Å². The van der Waals surface area contributed by atoms with Crippen molar-refractivity contribution in [2.75, 3.05) is 5.32 Å². The molecule has 0 radical (unpaired) electrons. The van der Waals surface area contributed by atoms with E-state index < -0.39 is 5.97 Å². The van der Waals surface area contributed by atoms with Crippen molar-refractivity contribution in [3.63, 3.8) is 0 Å². The minimum atomic E-state index is -0.871. The highest BCUT2D eigenvalue weighted by Crippen LogP contribution is 2.32. The van der Waals surface area contributed by atoms with Gasteiger partial charge < -0.3 is 10.4 Å². The Labute approximate surface area is 140 Å². The number of rotatable bonds is 4. The lowest BCUT2D eigenvalue weighted by molar-refractivity contribution is 0.0701. The molecular formula is C17H14BrNO2S. The van der Waals surface area contributed by atoms with Crippen LogP contribution in [0.2, 0.25) is 0 Å². The second-order valence-electron chi connectivity index (χ2n) is 4.98. The fourth-order valence-electron chi connectivity index (χ4n) is 2.43. The Bertz CT molecular complexity index is 857. The molecule has 0 saturated carbocycles. The number of thiophene rings is 1. The first-order valence-corrected chi connectivity index (χ1v) is 8.41. The molecule has 3 rings (SSSR count). The van der Waals surface area contributed by atoms with Crippen LogP contribution in [0.1, 0.15) is 20.8 Å². The molecule has 0 fully saturated rings. The first-order valence-electron chi connectivity index (χ1n) is 6.80. The van der Waals surface area contributed by atoms with Gasteiger partial charge in [0.15, 0.2) is 0 Å². The van der Waals surface area contributed by atoms with Gasteiger partial charge in [-0.3, -0.25) is 0 Å². The van der Waals surface area contributed by atoms with Crippen LogP contribution in [0.5, 0.6) is 0 Å². The number of carboxylic acid groups (broad SMARTS) is 1. The van der Waals surface area contributed by atoms with Crippen LogP contribution in [0.4, 0.5) is 5.69 Å². The predicted octanol–water partition coefficient (Wildman–Crippen LogP) is 5.28. The summed E-state index contributed by atoms with van der Waals surface area (Å²) in [6, 6.07) is 13.7. The third-order valence-corrected chi connectivity index (χ3v) is 5.68. The van der Waals surface area contributed by atoms with Crippen LogP contribution >= 0.6 is 27.3 Å². The fourth-order valence-corrected chi connectivity index (χ4v) is 3.86. The van der Waals surface area contributed by atoms with E-state index in [2.05, 4.69) is 21.2 Å². The molecule has 0 spiro atoms. The van der Waals surface area contributed by atoms with Crippen LogP contribution in [0.3, 0.4) is 0 Å². The summed E-state index contributed by atoms with van der Waals surface area (Å²) >= 11 is 4.84. The summed E-state index contributed by atoms with van der Waals surface area (Å²) in [6.07, 6.45) is 0. The van der Waals surface area contributed by atoms with Crippen LogP contribution in [0, 0.1) is 6.92 Å². The molecule has 0 unspecified atom stereocenters. The molecule has 0 atom stereocenters. The highest BCUT2D eigenvalue weighted by Gasteiger charge is 2.17. The number of halogens is 1. The van der Waals surface area contributed by atoms with Crippen molar-refractivity contribution in [1.82, 2.24) is 0 Å². The lowest BCUT2D eigenvalue weighted by Gasteiger charge is -2.11. The maximum absolute atomic E-state index is 11.5. The van der Waals surface area contributed by atoms with Crippen molar-refractivity contribution in [3.8, 4) is 0 Å². The minimum absolute atomic E-state index is 0.404. The molecule has 5 heteroatoms. The summed E-state index contributed by atoms with van der Waals surface area (Å²) in [5, 5.41) is 13.8. The Morgan fingerprint density at radius 3 is 2.77 bits per heavy atom. The van der Waals surface area contributed by atoms with Crippen molar-refractivity contribution < 1.29 is 9.90 Å². The maximum atomic E-state index is 11.5. The first kappa shape index (κ1) is 15.1. The standard InChI is InChI=1S/C17H14BrNO2S/c1-10-13(18)6-4-7-14(10)19-9-12-11-5-2-3-8-15(11)22-16(12)17(20)21/h2-8,19H,9H2,1H3,(H,20,21). The maximum Gasteiger partial charge on any atom is 0.346 e. The lowest BCUT2D eigenvalue weighted by Crippen LogP contribution is -2.05. The summed E-state index contributed by atoms with van der Waals surface area (Å²) in [4.78, 5) is 11.9. The summed E-state index contributed by atoms with van der Waals surface area (Å²) < 4.78 is 2.04. The molecule has 1 aromatic heterocycles. The second-order valence-corrected chi connectivity index (χ2v) is 6.88. The second kappa shape index (κ2) is 6.10. The van der Waals surface area contributed by atoms with Crippen molar-refractivity contribution in [2.24, 2.45) is 0 Å². The third kappa shape index (κ3) is 2.74. The van der Waals surface area contributed by atoms with Crippen molar-refractivity contribution in [3.05, 3.63) is 62.9 Å². The van der Waals surface area contributed by atoms with E-state index in [-0.39, 0.29) is 0 Å². The number of hydrogen-bond donors (Lipinski definition) is 2. The number of carbonyl (C=O) groups is 1. The van der Waals surface area contributed by atoms with Crippen molar-refractivity contribution >= 4 is 49.0 Å². The Morgan fingerprint density at radius 2 is 2.00 bits per heavy atom. The van der Waals surface area contributed by atoms with Crippen LogP contribution in [0.25, 0.3) is 10.1 Å². The first-order chi connectivity index (χ1) is 10.6. The fraction of sp³-hybridized carbons (Fsp3) is 0.118. The smallest absolute Gasteiger partial charge is 0.346 e. The van der Waals surface area contributed by atoms with Gasteiger partial charge in [0, 0.05) is 27.0 Å². The molecule has 22 heavy (non-hydrogen) atoms. The van der Waals surface area contributed by atoms with Gasteiger partial charge in [0.2, 0.25) is 0 Å².